The van der Waals surface area contributed by atoms with Gasteiger partial charge in [-0.3, -0.25) is 4.99 Å². The van der Waals surface area contributed by atoms with E-state index in [4.69, 9.17) is 26.3 Å². The molecule has 1 fully saturated rings. The minimum Gasteiger partial charge on any atom is -0.480 e. The number of ether oxygens (including phenoxy) is 1. The monoisotopic (exact) mass is 524 g/mol. The number of hydrogen-bond donors (Lipinski definition) is 1. The van der Waals surface area contributed by atoms with Crippen molar-refractivity contribution in [2.75, 3.05) is 32.6 Å². The Labute approximate surface area is 226 Å². The smallest absolute Gasteiger partial charge is 0.237 e. The van der Waals surface area contributed by atoms with Gasteiger partial charge in [-0.1, -0.05) is 23.7 Å². The average Bonchev–Trinajstić information content (AvgIpc) is 2.94. The molecule has 1 aromatic heterocycles. The minimum absolute atomic E-state index is 0.248. The number of rotatable bonds is 5. The van der Waals surface area contributed by atoms with Crippen LogP contribution in [0, 0.1) is 0 Å². The van der Waals surface area contributed by atoms with Crippen molar-refractivity contribution >= 4 is 34.0 Å². The summed E-state index contributed by atoms with van der Waals surface area (Å²) in [6, 6.07) is 24.4. The highest BCUT2D eigenvalue weighted by molar-refractivity contribution is 6.30. The number of anilines is 2. The zero-order chi connectivity index (χ0) is 26.1. The van der Waals surface area contributed by atoms with Crippen molar-refractivity contribution < 1.29 is 4.74 Å². The van der Waals surface area contributed by atoms with E-state index in [0.717, 1.165) is 70.8 Å². The molecule has 0 bridgehead atoms. The lowest BCUT2D eigenvalue weighted by Crippen LogP contribution is -2.33. The fourth-order valence-corrected chi connectivity index (χ4v) is 5.16. The van der Waals surface area contributed by atoms with E-state index in [1.165, 1.54) is 0 Å². The second-order valence-corrected chi connectivity index (χ2v) is 10.1. The largest absolute Gasteiger partial charge is 0.480 e. The van der Waals surface area contributed by atoms with E-state index in [0.29, 0.717) is 10.9 Å². The molecule has 1 aliphatic carbocycles. The van der Waals surface area contributed by atoms with Crippen LogP contribution in [0.4, 0.5) is 11.4 Å². The van der Waals surface area contributed by atoms with E-state index in [-0.39, 0.29) is 6.04 Å². The molecular weight excluding hydrogens is 496 g/mol. The van der Waals surface area contributed by atoms with Gasteiger partial charge in [0.25, 0.3) is 0 Å². The molecule has 0 saturated carbocycles. The number of nitrogens with zero attached hydrogens (tertiary/aromatic N) is 5. The molecule has 6 rings (SSSR count). The van der Waals surface area contributed by atoms with Crippen LogP contribution in [0.2, 0.25) is 5.02 Å². The molecule has 0 radical (unpaired) electrons. The third-order valence-electron chi connectivity index (χ3n) is 7.03. The number of pyridine rings is 1. The molecular formula is C30H29ClN6O. The summed E-state index contributed by atoms with van der Waals surface area (Å²) in [6.45, 7) is 2.08. The number of nitrogens with one attached hydrogen (secondary N) is 1. The lowest BCUT2D eigenvalue weighted by Gasteiger charge is -2.27. The zero-order valence-corrected chi connectivity index (χ0v) is 22.2. The van der Waals surface area contributed by atoms with Crippen LogP contribution < -0.4 is 15.4 Å². The van der Waals surface area contributed by atoms with E-state index in [1.54, 1.807) is 13.3 Å². The summed E-state index contributed by atoms with van der Waals surface area (Å²) in [7, 11) is 3.79. The van der Waals surface area contributed by atoms with Crippen LogP contribution in [-0.2, 0) is 0 Å². The Morgan fingerprint density at radius 3 is 2.55 bits per heavy atom. The molecule has 1 saturated heterocycles. The van der Waals surface area contributed by atoms with Gasteiger partial charge in [0.1, 0.15) is 5.69 Å². The number of para-hydroxylation sites is 2. The second-order valence-electron chi connectivity index (χ2n) is 9.62. The van der Waals surface area contributed by atoms with Crippen molar-refractivity contribution in [2.24, 2.45) is 4.99 Å². The number of methoxy groups -OCH3 is 1. The van der Waals surface area contributed by atoms with E-state index >= 15 is 0 Å². The highest BCUT2D eigenvalue weighted by atomic mass is 35.5. The Balaban J connectivity index is 1.60. The predicted molar refractivity (Wildman–Crippen MR) is 153 cm³/mol. The summed E-state index contributed by atoms with van der Waals surface area (Å²) in [6.07, 6.45) is 3.77. The van der Waals surface area contributed by atoms with Crippen molar-refractivity contribution in [2.45, 2.75) is 18.9 Å². The lowest BCUT2D eigenvalue weighted by molar-refractivity contribution is 0.255. The Hall–Kier alpha value is -3.94. The molecule has 0 atom stereocenters. The van der Waals surface area contributed by atoms with Gasteiger partial charge in [0.15, 0.2) is 0 Å². The summed E-state index contributed by atoms with van der Waals surface area (Å²) in [5.41, 5.74) is 6.40. The third kappa shape index (κ3) is 4.83. The van der Waals surface area contributed by atoms with E-state index in [9.17, 15) is 0 Å². The fraction of sp³-hybridized carbons (Fsp3) is 0.233. The van der Waals surface area contributed by atoms with Crippen LogP contribution in [0.25, 0.3) is 28.1 Å². The minimum atomic E-state index is 0.248. The third-order valence-corrected chi connectivity index (χ3v) is 7.28. The maximum atomic E-state index is 6.24. The standard InChI is InChI=1S/C30H29ClN6O/c1-36-16-13-21(14-17-36)33-26-19-29-27(18-25(26)35-24-7-5-15-32-30(24)38-2)34-23-6-3-4-8-28(23)37(29)22-11-9-20(31)10-12-22/h3-12,15,18-19,21,35H,13-14,16-17H2,1-2H3/b33-26+. The molecule has 3 heterocycles. The van der Waals surface area contributed by atoms with Gasteiger partial charge in [0, 0.05) is 16.9 Å². The maximum absolute atomic E-state index is 6.24. The molecule has 0 amide bonds. The Morgan fingerprint density at radius 2 is 1.76 bits per heavy atom. The molecule has 3 aromatic rings. The van der Waals surface area contributed by atoms with Gasteiger partial charge in [0.05, 0.1) is 46.6 Å². The molecule has 2 aromatic carbocycles. The number of benzene rings is 3. The van der Waals surface area contributed by atoms with Crippen molar-refractivity contribution in [3.8, 4) is 23.0 Å². The second kappa shape index (κ2) is 10.4. The van der Waals surface area contributed by atoms with Crippen LogP contribution in [0.1, 0.15) is 12.8 Å². The summed E-state index contributed by atoms with van der Waals surface area (Å²) in [5, 5.41) is 5.13. The van der Waals surface area contributed by atoms with Gasteiger partial charge < -0.3 is 19.5 Å². The Morgan fingerprint density at radius 1 is 0.974 bits per heavy atom. The highest BCUT2D eigenvalue weighted by Gasteiger charge is 2.20. The van der Waals surface area contributed by atoms with Crippen molar-refractivity contribution in [3.05, 3.63) is 89.4 Å². The van der Waals surface area contributed by atoms with Crippen LogP contribution in [0.15, 0.2) is 84.0 Å². The topological polar surface area (TPSA) is 67.6 Å². The van der Waals surface area contributed by atoms with Crippen LogP contribution in [0.5, 0.6) is 5.88 Å². The maximum Gasteiger partial charge on any atom is 0.237 e. The summed E-state index contributed by atoms with van der Waals surface area (Å²) in [5.74, 6) is 0.528. The molecule has 0 spiro atoms. The number of fused-ring (bicyclic) bond motifs is 2. The molecule has 8 heteroatoms. The average molecular weight is 525 g/mol. The van der Waals surface area contributed by atoms with E-state index < -0.39 is 0 Å². The first-order valence-corrected chi connectivity index (χ1v) is 13.2. The fourth-order valence-electron chi connectivity index (χ4n) is 5.03. The van der Waals surface area contributed by atoms with Gasteiger partial charge in [-0.05, 0) is 93.6 Å². The first-order valence-electron chi connectivity index (χ1n) is 12.8. The lowest BCUT2D eigenvalue weighted by atomic mass is 10.1. The number of aromatic nitrogens is 3. The van der Waals surface area contributed by atoms with Crippen molar-refractivity contribution in [3.63, 3.8) is 0 Å². The number of piperidine rings is 1. The molecule has 1 N–H and O–H groups in total. The molecule has 3 aliphatic rings. The van der Waals surface area contributed by atoms with E-state index in [2.05, 4.69) is 45.0 Å². The molecule has 192 valence electrons. The molecule has 2 aliphatic heterocycles. The van der Waals surface area contributed by atoms with Gasteiger partial charge in [-0.2, -0.15) is 0 Å². The van der Waals surface area contributed by atoms with E-state index in [1.807, 2.05) is 54.6 Å². The Bertz CT molecular complexity index is 1620. The quantitative estimate of drug-likeness (QED) is 0.289. The zero-order valence-electron chi connectivity index (χ0n) is 21.4. The van der Waals surface area contributed by atoms with Gasteiger partial charge in [0.2, 0.25) is 5.88 Å². The van der Waals surface area contributed by atoms with Crippen molar-refractivity contribution in [1.29, 1.82) is 0 Å². The number of hydrogen-bond acceptors (Lipinski definition) is 6. The van der Waals surface area contributed by atoms with Gasteiger partial charge in [-0.15, -0.1) is 0 Å². The van der Waals surface area contributed by atoms with Crippen molar-refractivity contribution in [1.82, 2.24) is 19.4 Å². The number of halogens is 1. The summed E-state index contributed by atoms with van der Waals surface area (Å²) in [4.78, 5) is 17.0. The van der Waals surface area contributed by atoms with Crippen LogP contribution in [0.3, 0.4) is 0 Å². The van der Waals surface area contributed by atoms with Gasteiger partial charge >= 0.3 is 0 Å². The SMILES string of the molecule is COc1ncccc1Nc1cc2nc3ccccc3n(-c3ccc(Cl)cc3)c-2c/c1=N\C1CCN(C)CC1. The molecule has 0 unspecified atom stereocenters. The normalized spacial score (nSPS) is 15.3. The summed E-state index contributed by atoms with van der Waals surface area (Å²) >= 11 is 6.24. The van der Waals surface area contributed by atoms with Crippen LogP contribution >= 0.6 is 11.6 Å². The summed E-state index contributed by atoms with van der Waals surface area (Å²) < 4.78 is 7.74. The highest BCUT2D eigenvalue weighted by Crippen LogP contribution is 2.32. The molecule has 38 heavy (non-hydrogen) atoms. The first-order chi connectivity index (χ1) is 18.6. The predicted octanol–water partition coefficient (Wildman–Crippen LogP) is 5.93. The Kier molecular flexibility index (Phi) is 6.70. The number of likely N-dealkylation sites (tertiary alicyclic amines) is 1. The van der Waals surface area contributed by atoms with Crippen LogP contribution in [-0.4, -0.2) is 52.7 Å². The molecule has 7 nitrogen and oxygen atoms in total. The first kappa shape index (κ1) is 24.4. The van der Waals surface area contributed by atoms with Gasteiger partial charge in [-0.25, -0.2) is 9.97 Å².